The van der Waals surface area contributed by atoms with Gasteiger partial charge in [-0.2, -0.15) is 0 Å². The molecule has 2 aromatic carbocycles. The molecular weight excluding hydrogens is 490 g/mol. The lowest BCUT2D eigenvalue weighted by molar-refractivity contribution is -0.114. The van der Waals surface area contributed by atoms with E-state index in [2.05, 4.69) is 20.9 Å². The zero-order chi connectivity index (χ0) is 19.8. The summed E-state index contributed by atoms with van der Waals surface area (Å²) in [5.74, 6) is 1.19. The van der Waals surface area contributed by atoms with Crippen molar-refractivity contribution in [1.82, 2.24) is 5.32 Å². The number of rotatable bonds is 5. The molecule has 3 rings (SSSR count). The van der Waals surface area contributed by atoms with Crippen LogP contribution in [-0.2, 0) is 4.79 Å². The third-order valence-corrected chi connectivity index (χ3v) is 3.86. The highest BCUT2D eigenvalue weighted by molar-refractivity contribution is 14.0. The Kier molecular flexibility index (Phi) is 8.97. The number of carbonyl (C=O) groups excluding carboxylic acids is 1. The summed E-state index contributed by atoms with van der Waals surface area (Å²) in [5.41, 5.74) is 1.28. The number of hydrogen-bond donors (Lipinski definition) is 3. The maximum absolute atomic E-state index is 12.9. The van der Waals surface area contributed by atoms with E-state index in [1.54, 1.807) is 0 Å². The first-order valence-corrected chi connectivity index (χ1v) is 9.14. The van der Waals surface area contributed by atoms with Gasteiger partial charge >= 0.3 is 0 Å². The second-order valence-electron chi connectivity index (χ2n) is 6.09. The van der Waals surface area contributed by atoms with E-state index in [9.17, 15) is 9.18 Å². The molecule has 0 atom stereocenters. The van der Waals surface area contributed by atoms with Crippen molar-refractivity contribution in [1.29, 1.82) is 0 Å². The highest BCUT2D eigenvalue weighted by Crippen LogP contribution is 2.32. The number of aliphatic imine (C=N–C) groups is 1. The van der Waals surface area contributed by atoms with Crippen molar-refractivity contribution in [3.63, 3.8) is 0 Å². The van der Waals surface area contributed by atoms with Crippen LogP contribution >= 0.6 is 24.0 Å². The first-order chi connectivity index (χ1) is 13.6. The molecule has 0 spiro atoms. The largest absolute Gasteiger partial charge is 0.490 e. The second-order valence-corrected chi connectivity index (χ2v) is 6.09. The first-order valence-electron chi connectivity index (χ1n) is 9.14. The van der Waals surface area contributed by atoms with E-state index in [0.29, 0.717) is 42.9 Å². The van der Waals surface area contributed by atoms with Crippen LogP contribution in [0.1, 0.15) is 13.3 Å². The molecule has 1 heterocycles. The van der Waals surface area contributed by atoms with Gasteiger partial charge in [0.05, 0.1) is 13.2 Å². The van der Waals surface area contributed by atoms with E-state index in [1.807, 2.05) is 25.1 Å². The van der Waals surface area contributed by atoms with E-state index in [-0.39, 0.29) is 42.2 Å². The Morgan fingerprint density at radius 1 is 1.03 bits per heavy atom. The molecule has 156 valence electrons. The summed E-state index contributed by atoms with van der Waals surface area (Å²) in [6, 6.07) is 11.1. The van der Waals surface area contributed by atoms with Crippen molar-refractivity contribution in [3.8, 4) is 11.5 Å². The fourth-order valence-corrected chi connectivity index (χ4v) is 2.57. The predicted molar refractivity (Wildman–Crippen MR) is 122 cm³/mol. The molecule has 2 aromatic rings. The minimum Gasteiger partial charge on any atom is -0.490 e. The average Bonchev–Trinajstić information content (AvgIpc) is 2.93. The smallest absolute Gasteiger partial charge is 0.246 e. The molecule has 0 bridgehead atoms. The molecule has 29 heavy (non-hydrogen) atoms. The summed E-state index contributed by atoms with van der Waals surface area (Å²) < 4.78 is 24.2. The van der Waals surface area contributed by atoms with Gasteiger partial charge in [0.1, 0.15) is 12.4 Å². The number of benzene rings is 2. The molecule has 3 N–H and O–H groups in total. The van der Waals surface area contributed by atoms with Crippen LogP contribution in [-0.4, -0.2) is 38.2 Å². The summed E-state index contributed by atoms with van der Waals surface area (Å²) in [4.78, 5) is 16.4. The van der Waals surface area contributed by atoms with E-state index in [4.69, 9.17) is 9.47 Å². The quantitative estimate of drug-likeness (QED) is 0.323. The number of guanidine groups is 1. The number of nitrogens with zero attached hydrogens (tertiary/aromatic N) is 1. The normalized spacial score (nSPS) is 13.0. The van der Waals surface area contributed by atoms with Gasteiger partial charge in [-0.1, -0.05) is 0 Å². The highest BCUT2D eigenvalue weighted by Gasteiger charge is 2.11. The Labute approximate surface area is 186 Å². The van der Waals surface area contributed by atoms with Crippen LogP contribution in [0, 0.1) is 5.82 Å². The molecule has 1 aliphatic heterocycles. The molecule has 9 heteroatoms. The molecule has 7 nitrogen and oxygen atoms in total. The molecule has 0 saturated carbocycles. The lowest BCUT2D eigenvalue weighted by atomic mass is 10.3. The topological polar surface area (TPSA) is 84.0 Å². The van der Waals surface area contributed by atoms with Gasteiger partial charge < -0.3 is 25.4 Å². The van der Waals surface area contributed by atoms with Crippen LogP contribution in [0.3, 0.4) is 0 Å². The van der Waals surface area contributed by atoms with Crippen LogP contribution in [0.25, 0.3) is 0 Å². The van der Waals surface area contributed by atoms with Crippen LogP contribution < -0.4 is 25.4 Å². The Morgan fingerprint density at radius 2 is 1.72 bits per heavy atom. The average molecular weight is 514 g/mol. The number of amides is 1. The Balaban J connectivity index is 0.00000300. The van der Waals surface area contributed by atoms with E-state index < -0.39 is 0 Å². The van der Waals surface area contributed by atoms with Gasteiger partial charge in [0, 0.05) is 30.4 Å². The molecule has 0 fully saturated rings. The summed E-state index contributed by atoms with van der Waals surface area (Å²) >= 11 is 0. The van der Waals surface area contributed by atoms with Gasteiger partial charge in [-0.25, -0.2) is 9.38 Å². The summed E-state index contributed by atoms with van der Waals surface area (Å²) in [5, 5.41) is 8.91. The third kappa shape index (κ3) is 7.08. The van der Waals surface area contributed by atoms with E-state index in [1.165, 1.54) is 24.3 Å². The molecular formula is C20H24FIN4O3. The Bertz CT molecular complexity index is 846. The minimum atomic E-state index is -0.357. The molecule has 0 unspecified atom stereocenters. The molecule has 0 aromatic heterocycles. The van der Waals surface area contributed by atoms with Crippen molar-refractivity contribution in [2.45, 2.75) is 13.3 Å². The van der Waals surface area contributed by atoms with Crippen LogP contribution in [0.5, 0.6) is 11.5 Å². The predicted octanol–water partition coefficient (Wildman–Crippen LogP) is 3.62. The maximum atomic E-state index is 12.9. The second kappa shape index (κ2) is 11.4. The summed E-state index contributed by atoms with van der Waals surface area (Å²) in [7, 11) is 0. The zero-order valence-corrected chi connectivity index (χ0v) is 18.4. The fraction of sp³-hybridized carbons (Fsp3) is 0.300. The van der Waals surface area contributed by atoms with E-state index in [0.717, 1.165) is 12.1 Å². The van der Waals surface area contributed by atoms with E-state index >= 15 is 0 Å². The Morgan fingerprint density at radius 3 is 2.45 bits per heavy atom. The maximum Gasteiger partial charge on any atom is 0.246 e. The Hall–Kier alpha value is -2.56. The van der Waals surface area contributed by atoms with Crippen molar-refractivity contribution in [2.75, 3.05) is 36.9 Å². The first kappa shape index (κ1) is 22.7. The molecule has 0 saturated heterocycles. The van der Waals surface area contributed by atoms with Gasteiger partial charge in [-0.15, -0.1) is 24.0 Å². The monoisotopic (exact) mass is 514 g/mol. The van der Waals surface area contributed by atoms with Gasteiger partial charge in [0.25, 0.3) is 0 Å². The van der Waals surface area contributed by atoms with Crippen molar-refractivity contribution >= 4 is 47.2 Å². The summed E-state index contributed by atoms with van der Waals surface area (Å²) in [6.45, 7) is 3.72. The summed E-state index contributed by atoms with van der Waals surface area (Å²) in [6.07, 6.45) is 0.838. The van der Waals surface area contributed by atoms with Crippen LogP contribution in [0.2, 0.25) is 0 Å². The van der Waals surface area contributed by atoms with Crippen molar-refractivity contribution in [2.24, 2.45) is 4.99 Å². The number of halogens is 2. The fourth-order valence-electron chi connectivity index (χ4n) is 2.57. The zero-order valence-electron chi connectivity index (χ0n) is 16.0. The number of anilines is 2. The van der Waals surface area contributed by atoms with Gasteiger partial charge in [-0.05, 0) is 43.3 Å². The van der Waals surface area contributed by atoms with Gasteiger partial charge in [-0.3, -0.25) is 4.79 Å². The number of carbonyl (C=O) groups is 1. The van der Waals surface area contributed by atoms with Crippen LogP contribution in [0.15, 0.2) is 47.5 Å². The number of fused-ring (bicyclic) bond motifs is 1. The number of ether oxygens (including phenoxy) is 2. The highest BCUT2D eigenvalue weighted by atomic mass is 127. The lowest BCUT2D eigenvalue weighted by Gasteiger charge is -2.13. The van der Waals surface area contributed by atoms with Crippen molar-refractivity contribution < 1.29 is 18.7 Å². The standard InChI is InChI=1S/C20H23FN4O3.HI/c1-2-22-20(23-13-19(26)24-15-6-4-14(21)5-7-15)25-16-8-9-17-18(12-16)28-11-3-10-27-17;/h4-9,12H,2-3,10-11,13H2,1H3,(H,24,26)(H2,22,23,25);1H. The molecule has 0 aliphatic carbocycles. The van der Waals surface area contributed by atoms with Gasteiger partial charge in [0.15, 0.2) is 17.5 Å². The van der Waals surface area contributed by atoms with Crippen LogP contribution in [0.4, 0.5) is 15.8 Å². The van der Waals surface area contributed by atoms with Gasteiger partial charge in [0.2, 0.25) is 5.91 Å². The molecule has 1 aliphatic rings. The third-order valence-electron chi connectivity index (χ3n) is 3.86. The molecule has 1 amide bonds. The lowest BCUT2D eigenvalue weighted by Crippen LogP contribution is -2.31. The number of hydrogen-bond acceptors (Lipinski definition) is 4. The minimum absolute atomic E-state index is 0. The van der Waals surface area contributed by atoms with Crippen molar-refractivity contribution in [3.05, 3.63) is 48.3 Å². The molecule has 0 radical (unpaired) electrons. The SMILES string of the molecule is CCNC(=NCC(=O)Nc1ccc(F)cc1)Nc1ccc2c(c1)OCCCO2.I. The number of nitrogens with one attached hydrogen (secondary N) is 3.